The molecule has 0 amide bonds. The fraction of sp³-hybridized carbons (Fsp3) is 0.965. The summed E-state index contributed by atoms with van der Waals surface area (Å²) < 4.78 is 67.1. The number of allylic oxidation sites excluding steroid dienone is 1. The van der Waals surface area contributed by atoms with Gasteiger partial charge in [-0.15, -0.1) is 0 Å². The summed E-state index contributed by atoms with van der Waals surface area (Å²) in [7, 11) is 0. The van der Waals surface area contributed by atoms with Gasteiger partial charge in [0.1, 0.15) is 104 Å². The lowest BCUT2D eigenvalue weighted by molar-refractivity contribution is -0.394. The van der Waals surface area contributed by atoms with Gasteiger partial charge in [0.05, 0.1) is 56.4 Å². The van der Waals surface area contributed by atoms with Crippen molar-refractivity contribution >= 4 is 0 Å². The van der Waals surface area contributed by atoms with Crippen LogP contribution in [0.15, 0.2) is 11.6 Å². The minimum absolute atomic E-state index is 0.0872. The average molecular weight is 1180 g/mol. The zero-order valence-corrected chi connectivity index (χ0v) is 47.9. The second kappa shape index (κ2) is 25.3. The van der Waals surface area contributed by atoms with Gasteiger partial charge in [0.15, 0.2) is 31.5 Å². The van der Waals surface area contributed by atoms with Crippen LogP contribution in [0.5, 0.6) is 0 Å². The zero-order chi connectivity index (χ0) is 59.2. The van der Waals surface area contributed by atoms with Crippen LogP contribution in [0.25, 0.3) is 0 Å². The Bertz CT molecular complexity index is 2150. The molecule has 82 heavy (non-hydrogen) atoms. The van der Waals surface area contributed by atoms with Crippen molar-refractivity contribution in [1.29, 1.82) is 0 Å². The van der Waals surface area contributed by atoms with Gasteiger partial charge in [-0.3, -0.25) is 0 Å². The smallest absolute Gasteiger partial charge is 0.187 e. The number of ether oxygens (including phenoxy) is 11. The van der Waals surface area contributed by atoms with Crippen LogP contribution in [0, 0.1) is 46.3 Å². The van der Waals surface area contributed by atoms with E-state index in [2.05, 4.69) is 33.8 Å². The lowest BCUT2D eigenvalue weighted by Crippen LogP contribution is -2.67. The van der Waals surface area contributed by atoms with Crippen molar-refractivity contribution in [3.05, 3.63) is 11.6 Å². The van der Waals surface area contributed by atoms with Gasteiger partial charge >= 0.3 is 0 Å². The molecule has 25 nitrogen and oxygen atoms in total. The first-order chi connectivity index (χ1) is 38.8. The van der Waals surface area contributed by atoms with Crippen molar-refractivity contribution in [2.24, 2.45) is 46.3 Å². The summed E-state index contributed by atoms with van der Waals surface area (Å²) in [6.45, 7) is 12.7. The Balaban J connectivity index is 0.779. The Morgan fingerprint density at radius 2 is 1.10 bits per heavy atom. The first-order valence-corrected chi connectivity index (χ1v) is 30.1. The van der Waals surface area contributed by atoms with Crippen LogP contribution in [0.1, 0.15) is 106 Å². The quantitative estimate of drug-likeness (QED) is 0.0714. The number of aliphatic hydroxyl groups excluding tert-OH is 14. The third-order valence-electron chi connectivity index (χ3n) is 21.4. The Kier molecular flexibility index (Phi) is 19.7. The van der Waals surface area contributed by atoms with Gasteiger partial charge in [-0.05, 0) is 125 Å². The number of hydrogen-bond acceptors (Lipinski definition) is 25. The minimum Gasteiger partial charge on any atom is -0.394 e. The summed E-state index contributed by atoms with van der Waals surface area (Å²) in [4.78, 5) is 0. The van der Waals surface area contributed by atoms with Crippen molar-refractivity contribution in [1.82, 2.24) is 0 Å². The fourth-order valence-corrected chi connectivity index (χ4v) is 16.4. The van der Waals surface area contributed by atoms with Gasteiger partial charge in [0.25, 0.3) is 0 Å². The highest BCUT2D eigenvalue weighted by Crippen LogP contribution is 2.69. The SMILES string of the molecule is C[C@H](CC[C@H]1O[C@H]2C[C@H]3[C@@H]4CC=C5C[C@@H](O[C@@H]6O[C@H](CO)[C@@H](O[C@H]7O[C@@H](C)[C@H](O[C@H]8O[C@@H](C)[C@H](O)[C@@H](O)[C@H]8O)[C@@H](O)[C@H]7O)[C@H](O)[C@H]6O[C@H]6O[C@@H](C)[C@H](O)[C@@H](O)[C@H]6O)CC[C@]5(C)[C@H]4CC[C@]3(C)[C@H]2[C@@H]1C)CO[C@@H]1O[C@H](CO)[C@@H](O)[C@H](O)[C@H]1O. The molecule has 0 aromatic heterocycles. The second-order valence-corrected chi connectivity index (χ2v) is 26.4. The van der Waals surface area contributed by atoms with Crippen LogP contribution in [-0.4, -0.2) is 263 Å². The molecular weight excluding hydrogens is 1080 g/mol. The Hall–Kier alpha value is -1.26. The maximum Gasteiger partial charge on any atom is 0.187 e. The molecule has 6 heterocycles. The fourth-order valence-electron chi connectivity index (χ4n) is 16.4. The molecule has 14 N–H and O–H groups in total. The highest BCUT2D eigenvalue weighted by molar-refractivity contribution is 5.26. The van der Waals surface area contributed by atoms with Crippen LogP contribution < -0.4 is 0 Å². The average Bonchev–Trinajstić information content (AvgIpc) is 4.16. The van der Waals surface area contributed by atoms with Crippen molar-refractivity contribution < 1.29 is 124 Å². The number of hydrogen-bond donors (Lipinski definition) is 14. The topological polar surface area (TPSA) is 385 Å². The van der Waals surface area contributed by atoms with Crippen molar-refractivity contribution in [3.63, 3.8) is 0 Å². The Morgan fingerprint density at radius 3 is 1.73 bits per heavy atom. The third kappa shape index (κ3) is 11.7. The van der Waals surface area contributed by atoms with E-state index in [9.17, 15) is 71.5 Å². The largest absolute Gasteiger partial charge is 0.394 e. The highest BCUT2D eigenvalue weighted by Gasteiger charge is 2.66. The summed E-state index contributed by atoms with van der Waals surface area (Å²) in [5.74, 6) is 2.20. The van der Waals surface area contributed by atoms with Crippen molar-refractivity contribution in [2.45, 2.75) is 278 Å². The molecule has 6 saturated heterocycles. The van der Waals surface area contributed by atoms with E-state index in [4.69, 9.17) is 52.1 Å². The zero-order valence-electron chi connectivity index (χ0n) is 47.9. The van der Waals surface area contributed by atoms with Crippen LogP contribution in [0.3, 0.4) is 0 Å². The number of rotatable bonds is 16. The molecule has 0 aromatic carbocycles. The number of aliphatic hydroxyl groups is 14. The Morgan fingerprint density at radius 1 is 0.537 bits per heavy atom. The Labute approximate surface area is 478 Å². The normalized spacial score (nSPS) is 55.5. The molecule has 9 fully saturated rings. The number of fused-ring (bicyclic) bond motifs is 7. The standard InChI is InChI=1S/C57H94O25/c1-21(20-72-51-43(67)41(65)38(62)33(18-58)78-51)8-11-31-22(2)35-32(77-31)17-30-28-10-9-26-16-27(12-14-56(26,6)29(28)13-15-57(30,35)7)76-55-50(82-53-45(69)40(64)37(61)24(4)74-53)47(71)49(34(19-59)79-55)81-54-46(70)42(66)48(25(5)75-54)80-52-44(68)39(63)36(60)23(3)73-52/h9,21-25,27-55,58-71H,8,10-20H2,1-7H3/t21-,22-,23+,24+,25+,27+,28-,29+,30+,31-,32+,33-,34-,35+,36+,37+,38-,39-,40-,41+,42+,43-,44-,45-,46-,47+,48+,49-,50-,51-,52-,53-,54-,55-,56+,57+/m1/s1. The lowest BCUT2D eigenvalue weighted by Gasteiger charge is -2.58. The molecule has 0 bridgehead atoms. The van der Waals surface area contributed by atoms with E-state index in [0.29, 0.717) is 42.4 Å². The molecule has 0 radical (unpaired) electrons. The van der Waals surface area contributed by atoms with E-state index in [1.165, 1.54) is 26.3 Å². The molecule has 0 unspecified atom stereocenters. The van der Waals surface area contributed by atoms with Gasteiger partial charge in [0, 0.05) is 0 Å². The first-order valence-electron chi connectivity index (χ1n) is 30.1. The summed E-state index contributed by atoms with van der Waals surface area (Å²) in [5, 5.41) is 150. The summed E-state index contributed by atoms with van der Waals surface area (Å²) in [5.41, 5.74) is 1.25. The van der Waals surface area contributed by atoms with Crippen LogP contribution in [0.4, 0.5) is 0 Å². The molecule has 10 aliphatic rings. The predicted molar refractivity (Wildman–Crippen MR) is 279 cm³/mol. The summed E-state index contributed by atoms with van der Waals surface area (Å²) in [6.07, 6.45) is -27.0. The van der Waals surface area contributed by atoms with Crippen LogP contribution in [-0.2, 0) is 52.1 Å². The van der Waals surface area contributed by atoms with Gasteiger partial charge in [-0.2, -0.15) is 0 Å². The molecule has 36 atom stereocenters. The van der Waals surface area contributed by atoms with Gasteiger partial charge in [0.2, 0.25) is 0 Å². The van der Waals surface area contributed by atoms with Gasteiger partial charge in [-0.1, -0.05) is 39.3 Å². The monoisotopic (exact) mass is 1180 g/mol. The highest BCUT2D eigenvalue weighted by atomic mass is 16.8. The third-order valence-corrected chi connectivity index (χ3v) is 21.4. The van der Waals surface area contributed by atoms with Crippen molar-refractivity contribution in [3.8, 4) is 0 Å². The molecule has 3 saturated carbocycles. The molecule has 25 heteroatoms. The lowest BCUT2D eigenvalue weighted by atomic mass is 9.47. The van der Waals surface area contributed by atoms with E-state index in [-0.39, 0.29) is 35.6 Å². The summed E-state index contributed by atoms with van der Waals surface area (Å²) >= 11 is 0. The molecule has 4 aliphatic carbocycles. The van der Waals surface area contributed by atoms with E-state index < -0.39 is 173 Å². The minimum atomic E-state index is -1.87. The van der Waals surface area contributed by atoms with Crippen LogP contribution >= 0.6 is 0 Å². The van der Waals surface area contributed by atoms with E-state index in [1.807, 2.05) is 0 Å². The second-order valence-electron chi connectivity index (χ2n) is 26.4. The molecule has 6 aliphatic heterocycles. The predicted octanol–water partition coefficient (Wildman–Crippen LogP) is -2.45. The first kappa shape index (κ1) is 63.7. The van der Waals surface area contributed by atoms with E-state index in [1.54, 1.807) is 0 Å². The van der Waals surface area contributed by atoms with Gasteiger partial charge < -0.3 is 124 Å². The summed E-state index contributed by atoms with van der Waals surface area (Å²) in [6, 6.07) is 0. The van der Waals surface area contributed by atoms with Crippen LogP contribution in [0.2, 0.25) is 0 Å². The maximum absolute atomic E-state index is 12.3. The molecule has 472 valence electrons. The molecule has 0 spiro atoms. The van der Waals surface area contributed by atoms with E-state index >= 15 is 0 Å². The van der Waals surface area contributed by atoms with Crippen molar-refractivity contribution in [2.75, 3.05) is 19.8 Å². The van der Waals surface area contributed by atoms with E-state index in [0.717, 1.165) is 44.9 Å². The molecular formula is C57H94O25. The molecule has 0 aromatic rings. The molecule has 10 rings (SSSR count). The maximum atomic E-state index is 12.3. The van der Waals surface area contributed by atoms with Gasteiger partial charge in [-0.25, -0.2) is 0 Å².